The van der Waals surface area contributed by atoms with E-state index in [-0.39, 0.29) is 24.4 Å². The molecule has 9 heteroatoms. The van der Waals surface area contributed by atoms with Crippen molar-refractivity contribution >= 4 is 11.9 Å². The van der Waals surface area contributed by atoms with Crippen molar-refractivity contribution < 1.29 is 27.9 Å². The Hall–Kier alpha value is -2.19. The highest BCUT2D eigenvalue weighted by Crippen LogP contribution is 2.26. The first kappa shape index (κ1) is 18.9. The fraction of sp³-hybridized carbons (Fsp3) is 0.571. The molecule has 6 nitrogen and oxygen atoms in total. The zero-order chi connectivity index (χ0) is 17.5. The number of aliphatic carboxylic acids is 1. The number of amides is 1. The second-order valence-electron chi connectivity index (χ2n) is 5.03. The lowest BCUT2D eigenvalue weighted by Gasteiger charge is -2.09. The molecular formula is C14H18F3N3O3. The molecule has 1 heterocycles. The van der Waals surface area contributed by atoms with Gasteiger partial charge in [-0.1, -0.05) is 12.8 Å². The first-order valence-electron chi connectivity index (χ1n) is 7.13. The van der Waals surface area contributed by atoms with Crippen LogP contribution >= 0.6 is 0 Å². The van der Waals surface area contributed by atoms with Gasteiger partial charge in [0, 0.05) is 18.7 Å². The molecule has 0 spiro atoms. The van der Waals surface area contributed by atoms with Gasteiger partial charge in [-0.25, -0.2) is 9.97 Å². The summed E-state index contributed by atoms with van der Waals surface area (Å²) in [7, 11) is 0. The standard InChI is InChI=1S/C14H18F3N3O3/c1-9-8-10(20-13(19-9)14(15,16)17)12(23)18-7-5-3-2-4-6-11(21)22/h8H,2-7H2,1H3,(H,18,23)(H,21,22). The number of aromatic nitrogens is 2. The van der Waals surface area contributed by atoms with Crippen molar-refractivity contribution in [2.75, 3.05) is 6.54 Å². The monoisotopic (exact) mass is 333 g/mol. The lowest BCUT2D eigenvalue weighted by Crippen LogP contribution is -2.27. The van der Waals surface area contributed by atoms with E-state index in [9.17, 15) is 22.8 Å². The number of hydrogen-bond acceptors (Lipinski definition) is 4. The molecule has 1 rings (SSSR count). The van der Waals surface area contributed by atoms with Crippen LogP contribution in [0.25, 0.3) is 0 Å². The minimum Gasteiger partial charge on any atom is -0.481 e. The number of aryl methyl sites for hydroxylation is 1. The number of alkyl halides is 3. The van der Waals surface area contributed by atoms with E-state index in [2.05, 4.69) is 15.3 Å². The van der Waals surface area contributed by atoms with Crippen LogP contribution in [0.1, 0.15) is 54.1 Å². The number of rotatable bonds is 8. The van der Waals surface area contributed by atoms with Crippen molar-refractivity contribution in [1.82, 2.24) is 15.3 Å². The van der Waals surface area contributed by atoms with Gasteiger partial charge in [-0.3, -0.25) is 9.59 Å². The number of unbranched alkanes of at least 4 members (excludes halogenated alkanes) is 3. The van der Waals surface area contributed by atoms with Gasteiger partial charge in [0.05, 0.1) is 0 Å². The van der Waals surface area contributed by atoms with E-state index in [4.69, 9.17) is 5.11 Å². The minimum absolute atomic E-state index is 0.0612. The topological polar surface area (TPSA) is 92.2 Å². The van der Waals surface area contributed by atoms with Gasteiger partial charge < -0.3 is 10.4 Å². The molecule has 0 bridgehead atoms. The molecule has 0 aliphatic rings. The third kappa shape index (κ3) is 7.07. The molecule has 2 N–H and O–H groups in total. The predicted molar refractivity (Wildman–Crippen MR) is 74.8 cm³/mol. The summed E-state index contributed by atoms with van der Waals surface area (Å²) in [6, 6.07) is 1.19. The number of hydrogen-bond donors (Lipinski definition) is 2. The second-order valence-corrected chi connectivity index (χ2v) is 5.03. The van der Waals surface area contributed by atoms with Crippen LogP contribution < -0.4 is 5.32 Å². The van der Waals surface area contributed by atoms with Gasteiger partial charge in [0.1, 0.15) is 5.69 Å². The van der Waals surface area contributed by atoms with E-state index < -0.39 is 23.9 Å². The summed E-state index contributed by atoms with van der Waals surface area (Å²) in [6.45, 7) is 1.65. The van der Waals surface area contributed by atoms with Crippen molar-refractivity contribution in [2.45, 2.75) is 45.2 Å². The van der Waals surface area contributed by atoms with Crippen LogP contribution in [0.2, 0.25) is 0 Å². The summed E-state index contributed by atoms with van der Waals surface area (Å²) in [5.74, 6) is -2.87. The van der Waals surface area contributed by atoms with E-state index >= 15 is 0 Å². The second kappa shape index (κ2) is 8.44. The molecule has 1 amide bonds. The summed E-state index contributed by atoms with van der Waals surface area (Å²) >= 11 is 0. The molecule has 1 aromatic rings. The Morgan fingerprint density at radius 1 is 1.17 bits per heavy atom. The van der Waals surface area contributed by atoms with Gasteiger partial charge in [-0.05, 0) is 25.8 Å². The number of carboxylic acids is 1. The Labute approximate surface area is 131 Å². The summed E-state index contributed by atoms with van der Waals surface area (Å²) in [6.07, 6.45) is -1.99. The molecule has 23 heavy (non-hydrogen) atoms. The molecule has 0 fully saturated rings. The third-order valence-electron chi connectivity index (χ3n) is 2.94. The molecule has 0 saturated heterocycles. The highest BCUT2D eigenvalue weighted by molar-refractivity contribution is 5.92. The minimum atomic E-state index is -4.70. The van der Waals surface area contributed by atoms with E-state index in [0.29, 0.717) is 19.3 Å². The third-order valence-corrected chi connectivity index (χ3v) is 2.94. The summed E-state index contributed by atoms with van der Waals surface area (Å²) in [4.78, 5) is 28.6. The average Bonchev–Trinajstić information content (AvgIpc) is 2.44. The molecule has 0 unspecified atom stereocenters. The van der Waals surface area contributed by atoms with Crippen molar-refractivity contribution in [3.05, 3.63) is 23.3 Å². The average molecular weight is 333 g/mol. The van der Waals surface area contributed by atoms with Gasteiger partial charge in [-0.15, -0.1) is 0 Å². The first-order chi connectivity index (χ1) is 10.7. The Bertz CT molecular complexity index is 562. The zero-order valence-electron chi connectivity index (χ0n) is 12.6. The molecule has 0 aliphatic heterocycles. The van der Waals surface area contributed by atoms with Gasteiger partial charge in [0.15, 0.2) is 0 Å². The quantitative estimate of drug-likeness (QED) is 0.713. The lowest BCUT2D eigenvalue weighted by molar-refractivity contribution is -0.145. The van der Waals surface area contributed by atoms with Crippen molar-refractivity contribution in [1.29, 1.82) is 0 Å². The maximum atomic E-state index is 12.6. The summed E-state index contributed by atoms with van der Waals surface area (Å²) < 4.78 is 37.8. The number of nitrogens with zero attached hydrogens (tertiary/aromatic N) is 2. The lowest BCUT2D eigenvalue weighted by atomic mass is 10.1. The Balaban J connectivity index is 2.43. The molecule has 128 valence electrons. The molecule has 0 saturated carbocycles. The fourth-order valence-electron chi connectivity index (χ4n) is 1.86. The van der Waals surface area contributed by atoms with E-state index in [1.165, 1.54) is 13.0 Å². The predicted octanol–water partition coefficient (Wildman–Crippen LogP) is 2.57. The summed E-state index contributed by atoms with van der Waals surface area (Å²) in [5.41, 5.74) is -0.262. The van der Waals surface area contributed by atoms with Gasteiger partial charge in [0.2, 0.25) is 5.82 Å². The van der Waals surface area contributed by atoms with E-state index in [1.807, 2.05) is 0 Å². The van der Waals surface area contributed by atoms with Gasteiger partial charge in [0.25, 0.3) is 5.91 Å². The van der Waals surface area contributed by atoms with Crippen LogP contribution in [-0.4, -0.2) is 33.5 Å². The Kier molecular flexibility index (Phi) is 6.92. The maximum absolute atomic E-state index is 12.6. The molecule has 0 aromatic carbocycles. The van der Waals surface area contributed by atoms with Crippen molar-refractivity contribution in [3.8, 4) is 0 Å². The highest BCUT2D eigenvalue weighted by Gasteiger charge is 2.35. The smallest absolute Gasteiger partial charge is 0.451 e. The van der Waals surface area contributed by atoms with E-state index in [1.54, 1.807) is 0 Å². The number of nitrogens with one attached hydrogen (secondary N) is 1. The molecule has 0 radical (unpaired) electrons. The molecule has 0 aliphatic carbocycles. The fourth-order valence-corrected chi connectivity index (χ4v) is 1.86. The van der Waals surface area contributed by atoms with Crippen LogP contribution in [0.4, 0.5) is 13.2 Å². The van der Waals surface area contributed by atoms with Crippen LogP contribution in [0, 0.1) is 6.92 Å². The van der Waals surface area contributed by atoms with Crippen LogP contribution in [0.5, 0.6) is 0 Å². The van der Waals surface area contributed by atoms with Crippen molar-refractivity contribution in [3.63, 3.8) is 0 Å². The summed E-state index contributed by atoms with van der Waals surface area (Å²) in [5, 5.41) is 11.0. The highest BCUT2D eigenvalue weighted by atomic mass is 19.4. The number of carbonyl (C=O) groups is 2. The first-order valence-corrected chi connectivity index (χ1v) is 7.13. The largest absolute Gasteiger partial charge is 0.481 e. The molecule has 0 atom stereocenters. The normalized spacial score (nSPS) is 11.3. The molecule has 1 aromatic heterocycles. The van der Waals surface area contributed by atoms with Crippen molar-refractivity contribution in [2.24, 2.45) is 0 Å². The number of carboxylic acid groups (broad SMARTS) is 1. The zero-order valence-corrected chi connectivity index (χ0v) is 12.6. The van der Waals surface area contributed by atoms with Gasteiger partial charge >= 0.3 is 12.1 Å². The van der Waals surface area contributed by atoms with Crippen LogP contribution in [-0.2, 0) is 11.0 Å². The Morgan fingerprint density at radius 3 is 2.43 bits per heavy atom. The van der Waals surface area contributed by atoms with Crippen LogP contribution in [0.3, 0.4) is 0 Å². The van der Waals surface area contributed by atoms with Gasteiger partial charge in [-0.2, -0.15) is 13.2 Å². The Morgan fingerprint density at radius 2 is 1.83 bits per heavy atom. The van der Waals surface area contributed by atoms with E-state index in [0.717, 1.165) is 6.42 Å². The molecular weight excluding hydrogens is 315 g/mol. The number of halogens is 3. The van der Waals surface area contributed by atoms with Crippen LogP contribution in [0.15, 0.2) is 6.07 Å². The number of carbonyl (C=O) groups excluding carboxylic acids is 1. The SMILES string of the molecule is Cc1cc(C(=O)NCCCCCCC(=O)O)nc(C(F)(F)F)n1. The maximum Gasteiger partial charge on any atom is 0.451 e.